The smallest absolute Gasteiger partial charge is 0.0186 e. The Morgan fingerprint density at radius 3 is 2.67 bits per heavy atom. The molecule has 0 aromatic heterocycles. The van der Waals surface area contributed by atoms with E-state index in [-0.39, 0.29) is 0 Å². The highest BCUT2D eigenvalue weighted by molar-refractivity contribution is 8.68. The van der Waals surface area contributed by atoms with E-state index >= 15 is 0 Å². The van der Waals surface area contributed by atoms with Gasteiger partial charge in [0, 0.05) is 12.2 Å². The average Bonchev–Trinajstić information content (AvgIpc) is 1.61. The number of hydrogen-bond donors (Lipinski definition) is 0. The van der Waals surface area contributed by atoms with Crippen LogP contribution in [0.3, 0.4) is 0 Å². The van der Waals surface area contributed by atoms with E-state index in [4.69, 9.17) is 6.42 Å². The van der Waals surface area contributed by atoms with Crippen molar-refractivity contribution in [3.63, 3.8) is 0 Å². The van der Waals surface area contributed by atoms with Gasteiger partial charge in [-0.15, -0.1) is 12.3 Å². The minimum absolute atomic E-state index is 0.800. The SMILES string of the molecule is C#CCCS[S]. The third kappa shape index (κ3) is 4.26. The van der Waals surface area contributed by atoms with Crippen molar-refractivity contribution >= 4 is 22.5 Å². The van der Waals surface area contributed by atoms with Gasteiger partial charge in [-0.3, -0.25) is 0 Å². The van der Waals surface area contributed by atoms with Crippen molar-refractivity contribution < 1.29 is 0 Å². The highest BCUT2D eigenvalue weighted by Gasteiger charge is 1.73. The molecule has 6 heavy (non-hydrogen) atoms. The molecule has 0 heterocycles. The first kappa shape index (κ1) is 6.26. The molecule has 0 aliphatic heterocycles. The van der Waals surface area contributed by atoms with E-state index < -0.39 is 0 Å². The van der Waals surface area contributed by atoms with Gasteiger partial charge in [-0.1, -0.05) is 10.8 Å². The molecule has 0 nitrogen and oxygen atoms in total. The van der Waals surface area contributed by atoms with Crippen molar-refractivity contribution in [1.82, 2.24) is 0 Å². The first-order valence-corrected chi connectivity index (χ1v) is 3.51. The maximum absolute atomic E-state index is 4.90. The summed E-state index contributed by atoms with van der Waals surface area (Å²) in [5.41, 5.74) is 0. The summed E-state index contributed by atoms with van der Waals surface area (Å²) in [5, 5.41) is 0. The third-order valence-electron chi connectivity index (χ3n) is 0.330. The number of terminal acetylenes is 1. The van der Waals surface area contributed by atoms with Crippen LogP contribution < -0.4 is 0 Å². The van der Waals surface area contributed by atoms with Gasteiger partial charge in [0.05, 0.1) is 0 Å². The molecule has 0 saturated heterocycles. The molecule has 0 aromatic rings. The van der Waals surface area contributed by atoms with Gasteiger partial charge < -0.3 is 0 Å². The Morgan fingerprint density at radius 2 is 2.50 bits per heavy atom. The first-order chi connectivity index (χ1) is 2.91. The van der Waals surface area contributed by atoms with Crippen LogP contribution in [-0.4, -0.2) is 5.75 Å². The molecule has 0 rings (SSSR count). The fraction of sp³-hybridized carbons (Fsp3) is 0.500. The van der Waals surface area contributed by atoms with Crippen LogP contribution in [0.15, 0.2) is 0 Å². The van der Waals surface area contributed by atoms with E-state index in [1.54, 1.807) is 0 Å². The summed E-state index contributed by atoms with van der Waals surface area (Å²) in [6.07, 6.45) is 5.70. The highest BCUT2D eigenvalue weighted by Crippen LogP contribution is 2.04. The second-order valence-electron chi connectivity index (χ2n) is 0.776. The van der Waals surface area contributed by atoms with Crippen LogP contribution in [-0.2, 0) is 0 Å². The molecule has 0 saturated carbocycles. The summed E-state index contributed by atoms with van der Waals surface area (Å²) in [6, 6.07) is 0. The van der Waals surface area contributed by atoms with Gasteiger partial charge in [0.25, 0.3) is 0 Å². The van der Waals surface area contributed by atoms with Gasteiger partial charge >= 0.3 is 0 Å². The Hall–Kier alpha value is 0.260. The minimum Gasteiger partial charge on any atom is -0.120 e. The topological polar surface area (TPSA) is 0 Å². The van der Waals surface area contributed by atoms with Gasteiger partial charge in [-0.2, -0.15) is 0 Å². The van der Waals surface area contributed by atoms with E-state index in [1.165, 1.54) is 10.8 Å². The normalized spacial score (nSPS) is 7.33. The van der Waals surface area contributed by atoms with Gasteiger partial charge in [-0.05, 0) is 11.7 Å². The lowest BCUT2D eigenvalue weighted by molar-refractivity contribution is 1.31. The van der Waals surface area contributed by atoms with Crippen LogP contribution in [0, 0.1) is 12.3 Å². The summed E-state index contributed by atoms with van der Waals surface area (Å²) < 4.78 is 0. The van der Waals surface area contributed by atoms with E-state index in [2.05, 4.69) is 17.6 Å². The van der Waals surface area contributed by atoms with Crippen LogP contribution in [0.4, 0.5) is 0 Å². The van der Waals surface area contributed by atoms with E-state index in [1.807, 2.05) is 0 Å². The molecular formula is C4H5S2. The largest absolute Gasteiger partial charge is 0.120 e. The standard InChI is InChI=1S/C4H5S2/c1-2-3-4-6-5/h1H,3-4H2. The van der Waals surface area contributed by atoms with Crippen LogP contribution in [0.25, 0.3) is 0 Å². The minimum atomic E-state index is 0.800. The molecule has 0 bridgehead atoms. The Morgan fingerprint density at radius 1 is 1.83 bits per heavy atom. The molecule has 33 valence electrons. The maximum atomic E-state index is 4.90. The molecule has 1 radical (unpaired) electrons. The molecular weight excluding hydrogens is 112 g/mol. The molecule has 0 aromatic carbocycles. The van der Waals surface area contributed by atoms with Crippen LogP contribution >= 0.6 is 22.5 Å². The Labute approximate surface area is 47.5 Å². The molecule has 0 N–H and O–H groups in total. The van der Waals surface area contributed by atoms with Crippen LogP contribution in [0.1, 0.15) is 6.42 Å². The second kappa shape index (κ2) is 5.26. The van der Waals surface area contributed by atoms with Crippen molar-refractivity contribution in [3.8, 4) is 12.3 Å². The highest BCUT2D eigenvalue weighted by atomic mass is 33.1. The summed E-state index contributed by atoms with van der Waals surface area (Å²) in [7, 11) is 1.37. The fourth-order valence-corrected chi connectivity index (χ4v) is 0.552. The monoisotopic (exact) mass is 117 g/mol. The predicted octanol–water partition coefficient (Wildman–Crippen LogP) is 1.86. The zero-order valence-corrected chi connectivity index (χ0v) is 4.94. The average molecular weight is 117 g/mol. The van der Waals surface area contributed by atoms with E-state index in [0.717, 1.165) is 12.2 Å². The quantitative estimate of drug-likeness (QED) is 0.302. The molecule has 0 unspecified atom stereocenters. The molecule has 0 aliphatic carbocycles. The van der Waals surface area contributed by atoms with Crippen molar-refractivity contribution in [2.45, 2.75) is 6.42 Å². The molecule has 0 aliphatic rings. The summed E-state index contributed by atoms with van der Waals surface area (Å²) in [5.74, 6) is 3.39. The summed E-state index contributed by atoms with van der Waals surface area (Å²) >= 11 is 4.54. The lowest BCUT2D eigenvalue weighted by Crippen LogP contribution is -1.65. The molecule has 2 heteroatoms. The Balaban J connectivity index is 2.54. The van der Waals surface area contributed by atoms with Gasteiger partial charge in [-0.25, -0.2) is 0 Å². The van der Waals surface area contributed by atoms with E-state index in [0.29, 0.717) is 0 Å². The second-order valence-corrected chi connectivity index (χ2v) is 2.13. The fourth-order valence-electron chi connectivity index (χ4n) is 0.101. The molecule has 0 fully saturated rings. The Kier molecular flexibility index (Phi) is 5.49. The van der Waals surface area contributed by atoms with Crippen LogP contribution in [0.5, 0.6) is 0 Å². The summed E-state index contributed by atoms with van der Waals surface area (Å²) in [6.45, 7) is 0. The zero-order chi connectivity index (χ0) is 4.83. The summed E-state index contributed by atoms with van der Waals surface area (Å²) in [4.78, 5) is 0. The Bertz CT molecular complexity index is 53.1. The van der Waals surface area contributed by atoms with Crippen molar-refractivity contribution in [2.75, 3.05) is 5.75 Å². The molecule has 0 atom stereocenters. The lowest BCUT2D eigenvalue weighted by Gasteiger charge is -1.77. The third-order valence-corrected chi connectivity index (χ3v) is 1.20. The lowest BCUT2D eigenvalue weighted by atomic mass is 10.5. The van der Waals surface area contributed by atoms with Crippen molar-refractivity contribution in [1.29, 1.82) is 0 Å². The number of hydrogen-bond acceptors (Lipinski definition) is 1. The zero-order valence-electron chi connectivity index (χ0n) is 3.31. The van der Waals surface area contributed by atoms with Crippen molar-refractivity contribution in [3.05, 3.63) is 0 Å². The van der Waals surface area contributed by atoms with Gasteiger partial charge in [0.1, 0.15) is 0 Å². The first-order valence-electron chi connectivity index (χ1n) is 1.60. The maximum Gasteiger partial charge on any atom is 0.0186 e. The van der Waals surface area contributed by atoms with E-state index in [9.17, 15) is 0 Å². The van der Waals surface area contributed by atoms with Gasteiger partial charge in [0.2, 0.25) is 0 Å². The number of rotatable bonds is 2. The predicted molar refractivity (Wildman–Crippen MR) is 33.5 cm³/mol. The van der Waals surface area contributed by atoms with Crippen LogP contribution in [0.2, 0.25) is 0 Å². The van der Waals surface area contributed by atoms with Crippen molar-refractivity contribution in [2.24, 2.45) is 0 Å². The molecule has 0 amide bonds. The van der Waals surface area contributed by atoms with Gasteiger partial charge in [0.15, 0.2) is 0 Å². The molecule has 0 spiro atoms.